The molecule has 1 saturated heterocycles. The Morgan fingerprint density at radius 3 is 2.75 bits per heavy atom. The molecule has 2 unspecified atom stereocenters. The van der Waals surface area contributed by atoms with Crippen LogP contribution in [0.2, 0.25) is 0 Å². The zero-order valence-corrected chi connectivity index (χ0v) is 19.0. The maximum atomic E-state index is 13.3. The predicted octanol–water partition coefficient (Wildman–Crippen LogP) is 4.00. The summed E-state index contributed by atoms with van der Waals surface area (Å²) in [5.41, 5.74) is 10.1. The number of carbonyl (C=O) groups excluding carboxylic acids is 2. The fraction of sp³-hybridized carbons (Fsp3) is 0.360. The largest absolute Gasteiger partial charge is 0.361 e. The molecule has 1 aromatic heterocycles. The number of H-pyrrole nitrogens is 1. The molecule has 2 heterocycles. The number of urea groups is 1. The van der Waals surface area contributed by atoms with E-state index >= 15 is 0 Å². The minimum atomic E-state index is -0.705. The Bertz CT molecular complexity index is 1160. The Kier molecular flexibility index (Phi) is 5.47. The topological polar surface area (TPSA) is 82.4 Å². The highest BCUT2D eigenvalue weighted by Crippen LogP contribution is 2.45. The number of fused-ring (bicyclic) bond motifs is 2. The van der Waals surface area contributed by atoms with Gasteiger partial charge in [-0.15, -0.1) is 0 Å². The molecule has 7 heteroatoms. The monoisotopic (exact) mass is 448 g/mol. The van der Waals surface area contributed by atoms with Crippen LogP contribution in [0.1, 0.15) is 40.2 Å². The summed E-state index contributed by atoms with van der Waals surface area (Å²) in [5.74, 6) is 0.506. The molecule has 1 aliphatic carbocycles. The predicted molar refractivity (Wildman–Crippen MR) is 129 cm³/mol. The summed E-state index contributed by atoms with van der Waals surface area (Å²) in [6, 6.07) is 14.6. The molecule has 6 nitrogen and oxygen atoms in total. The molecule has 5 rings (SSSR count). The number of aromatic nitrogens is 1. The fourth-order valence-electron chi connectivity index (χ4n) is 5.81. The van der Waals surface area contributed by atoms with Crippen LogP contribution in [0, 0.1) is 5.92 Å². The third kappa shape index (κ3) is 3.59. The minimum Gasteiger partial charge on any atom is -0.361 e. The van der Waals surface area contributed by atoms with E-state index in [4.69, 9.17) is 5.73 Å². The molecule has 0 saturated carbocycles. The zero-order chi connectivity index (χ0) is 22.4. The summed E-state index contributed by atoms with van der Waals surface area (Å²) in [4.78, 5) is 31.1. The molecule has 166 valence electrons. The number of nitrogens with two attached hydrogens (primary N) is 1. The highest BCUT2D eigenvalue weighted by Gasteiger charge is 2.41. The SMILES string of the molecule is CN1CC(CC(C(=O)c2ccccc2)N(S)C(N)=O)C[C@@H]2c3cccc4[nH]cc(c34)C[C@H]21. The molecular formula is C25H28N4O2S. The van der Waals surface area contributed by atoms with Crippen molar-refractivity contribution < 1.29 is 9.59 Å². The number of thiol groups is 1. The summed E-state index contributed by atoms with van der Waals surface area (Å²) in [6.45, 7) is 0.871. The smallest absolute Gasteiger partial charge is 0.325 e. The Morgan fingerprint density at radius 2 is 2.00 bits per heavy atom. The second-order valence-corrected chi connectivity index (χ2v) is 9.60. The number of hydrogen-bond acceptors (Lipinski definition) is 4. The maximum absolute atomic E-state index is 13.3. The Hall–Kier alpha value is -2.77. The highest BCUT2D eigenvalue weighted by molar-refractivity contribution is 7.78. The van der Waals surface area contributed by atoms with Gasteiger partial charge in [0, 0.05) is 41.2 Å². The van der Waals surface area contributed by atoms with Gasteiger partial charge < -0.3 is 15.6 Å². The molecule has 2 aromatic carbocycles. The number of hydrogen-bond donors (Lipinski definition) is 3. The van der Waals surface area contributed by atoms with Crippen LogP contribution < -0.4 is 5.73 Å². The number of piperidine rings is 1. The molecular weight excluding hydrogens is 420 g/mol. The van der Waals surface area contributed by atoms with E-state index in [9.17, 15) is 9.59 Å². The third-order valence-electron chi connectivity index (χ3n) is 7.25. The number of benzene rings is 2. The van der Waals surface area contributed by atoms with Gasteiger partial charge in [0.15, 0.2) is 5.78 Å². The molecule has 4 atom stereocenters. The van der Waals surface area contributed by atoms with Gasteiger partial charge in [-0.3, -0.25) is 9.10 Å². The summed E-state index contributed by atoms with van der Waals surface area (Å²) in [6.07, 6.45) is 4.67. The first-order valence-electron chi connectivity index (χ1n) is 11.1. The lowest BCUT2D eigenvalue weighted by molar-refractivity contribution is 0.0792. The van der Waals surface area contributed by atoms with Gasteiger partial charge in [-0.2, -0.15) is 0 Å². The molecule has 0 spiro atoms. The first-order valence-corrected chi connectivity index (χ1v) is 11.5. The van der Waals surface area contributed by atoms with Crippen LogP contribution in [0.5, 0.6) is 0 Å². The lowest BCUT2D eigenvalue weighted by atomic mass is 9.71. The lowest BCUT2D eigenvalue weighted by Crippen LogP contribution is -2.50. The quantitative estimate of drug-likeness (QED) is 0.408. The first kappa shape index (κ1) is 21.1. The maximum Gasteiger partial charge on any atom is 0.325 e. The van der Waals surface area contributed by atoms with Crippen molar-refractivity contribution in [2.24, 2.45) is 11.7 Å². The number of primary amides is 1. The highest BCUT2D eigenvalue weighted by atomic mass is 32.1. The summed E-state index contributed by atoms with van der Waals surface area (Å²) < 4.78 is 1.10. The lowest BCUT2D eigenvalue weighted by Gasteiger charge is -2.46. The molecule has 32 heavy (non-hydrogen) atoms. The van der Waals surface area contributed by atoms with E-state index in [0.29, 0.717) is 23.9 Å². The molecule has 0 radical (unpaired) electrons. The Morgan fingerprint density at radius 1 is 1.22 bits per heavy atom. The minimum absolute atomic E-state index is 0.122. The van der Waals surface area contributed by atoms with Crippen LogP contribution in [-0.4, -0.2) is 51.7 Å². The van der Waals surface area contributed by atoms with Gasteiger partial charge in [-0.1, -0.05) is 55.3 Å². The van der Waals surface area contributed by atoms with Crippen molar-refractivity contribution in [2.75, 3.05) is 13.6 Å². The summed E-state index contributed by atoms with van der Waals surface area (Å²) >= 11 is 4.31. The van der Waals surface area contributed by atoms with E-state index in [1.165, 1.54) is 22.0 Å². The summed E-state index contributed by atoms with van der Waals surface area (Å²) in [5, 5.41) is 1.35. The van der Waals surface area contributed by atoms with Crippen molar-refractivity contribution >= 4 is 35.5 Å². The van der Waals surface area contributed by atoms with Crippen molar-refractivity contribution in [2.45, 2.75) is 37.3 Å². The van der Waals surface area contributed by atoms with Gasteiger partial charge in [-0.05, 0) is 49.4 Å². The number of rotatable bonds is 5. The van der Waals surface area contributed by atoms with Crippen LogP contribution in [-0.2, 0) is 6.42 Å². The number of likely N-dealkylation sites (tertiary alicyclic amines) is 1. The van der Waals surface area contributed by atoms with E-state index in [1.807, 2.05) is 18.2 Å². The number of likely N-dealkylation sites (N-methyl/N-ethyl adjacent to an activating group) is 1. The molecule has 1 fully saturated rings. The molecule has 1 aliphatic heterocycles. The first-order chi connectivity index (χ1) is 15.4. The standard InChI is InChI=1S/C25H28N4O2S/c1-28-14-15(11-22(29(32)25(26)31)24(30)16-6-3-2-4-7-16)10-19-18-8-5-9-20-23(18)17(13-27-20)12-21(19)28/h2-9,13,15,19,21-22,27,32H,10-12,14H2,1H3,(H2,26,31)/t15?,19-,21-,22?/m1/s1. The number of aromatic amines is 1. The molecule has 0 bridgehead atoms. The number of ketones is 1. The van der Waals surface area contributed by atoms with E-state index in [2.05, 4.69) is 54.1 Å². The normalized spacial score (nSPS) is 23.5. The van der Waals surface area contributed by atoms with Crippen molar-refractivity contribution in [1.82, 2.24) is 14.2 Å². The molecule has 2 aliphatic rings. The second-order valence-electron chi connectivity index (χ2n) is 9.17. The van der Waals surface area contributed by atoms with Crippen molar-refractivity contribution in [3.8, 4) is 0 Å². The van der Waals surface area contributed by atoms with Gasteiger partial charge in [-0.25, -0.2) is 4.79 Å². The average molecular weight is 449 g/mol. The number of nitrogens with zero attached hydrogens (tertiary/aromatic N) is 2. The zero-order valence-electron chi connectivity index (χ0n) is 18.1. The summed E-state index contributed by atoms with van der Waals surface area (Å²) in [7, 11) is 2.17. The van der Waals surface area contributed by atoms with Crippen LogP contribution in [0.4, 0.5) is 4.79 Å². The Labute approximate surface area is 193 Å². The number of Topliss-reactive ketones (excluding diaryl/α,β-unsaturated/α-hetero) is 1. The van der Waals surface area contributed by atoms with Crippen LogP contribution in [0.25, 0.3) is 10.9 Å². The van der Waals surface area contributed by atoms with Gasteiger partial charge in [0.25, 0.3) is 0 Å². The second kappa shape index (κ2) is 8.30. The molecule has 2 amide bonds. The molecule has 3 aromatic rings. The van der Waals surface area contributed by atoms with Crippen molar-refractivity contribution in [1.29, 1.82) is 0 Å². The van der Waals surface area contributed by atoms with Gasteiger partial charge in [0.2, 0.25) is 0 Å². The average Bonchev–Trinajstić information content (AvgIpc) is 3.22. The van der Waals surface area contributed by atoms with Crippen molar-refractivity contribution in [3.05, 3.63) is 71.4 Å². The van der Waals surface area contributed by atoms with Gasteiger partial charge in [0.05, 0.1) is 0 Å². The fourth-order valence-corrected chi connectivity index (χ4v) is 6.01. The number of amides is 2. The van der Waals surface area contributed by atoms with Gasteiger partial charge in [0.1, 0.15) is 6.04 Å². The number of carbonyl (C=O) groups is 2. The van der Waals surface area contributed by atoms with E-state index in [-0.39, 0.29) is 11.7 Å². The van der Waals surface area contributed by atoms with Crippen LogP contribution in [0.15, 0.2) is 54.7 Å². The third-order valence-corrected chi connectivity index (χ3v) is 7.73. The molecule has 3 N–H and O–H groups in total. The van der Waals surface area contributed by atoms with E-state index < -0.39 is 12.1 Å². The Balaban J connectivity index is 1.43. The van der Waals surface area contributed by atoms with E-state index in [1.54, 1.807) is 12.1 Å². The van der Waals surface area contributed by atoms with Crippen molar-refractivity contribution in [3.63, 3.8) is 0 Å². The van der Waals surface area contributed by atoms with Crippen LogP contribution in [0.3, 0.4) is 0 Å². The van der Waals surface area contributed by atoms with Gasteiger partial charge >= 0.3 is 6.03 Å². The van der Waals surface area contributed by atoms with E-state index in [0.717, 1.165) is 23.7 Å². The number of nitrogens with one attached hydrogen (secondary N) is 1. The van der Waals surface area contributed by atoms with Crippen LogP contribution >= 0.6 is 12.8 Å².